The van der Waals surface area contributed by atoms with Gasteiger partial charge in [-0.25, -0.2) is 9.59 Å². The van der Waals surface area contributed by atoms with Crippen LogP contribution in [0.1, 0.15) is 39.2 Å². The van der Waals surface area contributed by atoms with Crippen molar-refractivity contribution in [2.75, 3.05) is 25.6 Å². The van der Waals surface area contributed by atoms with E-state index >= 15 is 0 Å². The lowest BCUT2D eigenvalue weighted by atomic mass is 9.95. The summed E-state index contributed by atoms with van der Waals surface area (Å²) in [5.41, 5.74) is 2.26. The van der Waals surface area contributed by atoms with Gasteiger partial charge in [0.2, 0.25) is 0 Å². The SMILES string of the molecule is COC(=O)c1c(NC(=O)COC(=O)COc2ccccc2C)sc2c1CCCC2. The average Bonchev–Trinajstić information content (AvgIpc) is 3.08. The van der Waals surface area contributed by atoms with E-state index in [1.165, 1.54) is 18.4 Å². The maximum Gasteiger partial charge on any atom is 0.344 e. The minimum Gasteiger partial charge on any atom is -0.482 e. The first-order valence-electron chi connectivity index (χ1n) is 9.36. The average molecular weight is 417 g/mol. The fourth-order valence-electron chi connectivity index (χ4n) is 3.18. The maximum atomic E-state index is 12.2. The molecule has 1 aliphatic rings. The van der Waals surface area contributed by atoms with Crippen LogP contribution in [0.15, 0.2) is 24.3 Å². The molecule has 0 radical (unpaired) electrons. The molecule has 0 unspecified atom stereocenters. The Balaban J connectivity index is 1.55. The second-order valence-corrected chi connectivity index (χ2v) is 7.77. The van der Waals surface area contributed by atoms with Crippen molar-refractivity contribution < 1.29 is 28.6 Å². The number of fused-ring (bicyclic) bond motifs is 1. The molecule has 0 bridgehead atoms. The van der Waals surface area contributed by atoms with E-state index in [2.05, 4.69) is 5.32 Å². The third-order valence-electron chi connectivity index (χ3n) is 4.62. The molecular weight excluding hydrogens is 394 g/mol. The van der Waals surface area contributed by atoms with Crippen molar-refractivity contribution in [2.45, 2.75) is 32.6 Å². The number of esters is 2. The zero-order chi connectivity index (χ0) is 20.8. The van der Waals surface area contributed by atoms with Crippen molar-refractivity contribution in [2.24, 2.45) is 0 Å². The van der Waals surface area contributed by atoms with Gasteiger partial charge in [0.25, 0.3) is 5.91 Å². The van der Waals surface area contributed by atoms with Gasteiger partial charge in [0.15, 0.2) is 13.2 Å². The molecule has 29 heavy (non-hydrogen) atoms. The lowest BCUT2D eigenvalue weighted by Gasteiger charge is -2.12. The number of carbonyl (C=O) groups excluding carboxylic acids is 3. The topological polar surface area (TPSA) is 90.9 Å². The summed E-state index contributed by atoms with van der Waals surface area (Å²) >= 11 is 1.38. The number of methoxy groups -OCH3 is 1. The van der Waals surface area contributed by atoms with Crippen LogP contribution in [0.5, 0.6) is 5.75 Å². The van der Waals surface area contributed by atoms with Crippen LogP contribution >= 0.6 is 11.3 Å². The van der Waals surface area contributed by atoms with Crippen LogP contribution in [-0.2, 0) is 31.9 Å². The summed E-state index contributed by atoms with van der Waals surface area (Å²) < 4.78 is 15.3. The Kier molecular flexibility index (Phi) is 6.87. The van der Waals surface area contributed by atoms with E-state index < -0.39 is 24.5 Å². The first-order valence-corrected chi connectivity index (χ1v) is 10.2. The molecule has 2 aromatic rings. The van der Waals surface area contributed by atoms with Crippen molar-refractivity contribution in [1.82, 2.24) is 0 Å². The molecule has 1 aliphatic carbocycles. The maximum absolute atomic E-state index is 12.2. The van der Waals surface area contributed by atoms with E-state index in [0.717, 1.165) is 41.7 Å². The number of nitrogens with one attached hydrogen (secondary N) is 1. The van der Waals surface area contributed by atoms with Gasteiger partial charge < -0.3 is 19.5 Å². The lowest BCUT2D eigenvalue weighted by Crippen LogP contribution is -2.24. The quantitative estimate of drug-likeness (QED) is 0.695. The van der Waals surface area contributed by atoms with E-state index in [1.807, 2.05) is 19.1 Å². The Morgan fingerprint density at radius 1 is 1.10 bits per heavy atom. The Morgan fingerprint density at radius 3 is 2.62 bits per heavy atom. The number of aryl methyl sites for hydroxylation is 2. The molecule has 154 valence electrons. The first kappa shape index (κ1) is 20.9. The summed E-state index contributed by atoms with van der Waals surface area (Å²) in [6.45, 7) is 1.12. The molecule has 1 aromatic heterocycles. The Morgan fingerprint density at radius 2 is 1.86 bits per heavy atom. The highest BCUT2D eigenvalue weighted by atomic mass is 32.1. The van der Waals surface area contributed by atoms with Gasteiger partial charge in [-0.1, -0.05) is 18.2 Å². The van der Waals surface area contributed by atoms with Crippen molar-refractivity contribution in [3.63, 3.8) is 0 Å². The second-order valence-electron chi connectivity index (χ2n) is 6.67. The molecule has 0 spiro atoms. The fraction of sp³-hybridized carbons (Fsp3) is 0.381. The minimum atomic E-state index is -0.651. The summed E-state index contributed by atoms with van der Waals surface area (Å²) in [4.78, 5) is 37.4. The number of hydrogen-bond acceptors (Lipinski definition) is 7. The van der Waals surface area contributed by atoms with Crippen LogP contribution in [0, 0.1) is 6.92 Å². The fourth-order valence-corrected chi connectivity index (χ4v) is 4.47. The molecule has 0 saturated heterocycles. The molecule has 7 nitrogen and oxygen atoms in total. The van der Waals surface area contributed by atoms with Crippen LogP contribution in [-0.4, -0.2) is 38.2 Å². The largest absolute Gasteiger partial charge is 0.482 e. The number of carbonyl (C=O) groups is 3. The second kappa shape index (κ2) is 9.56. The number of benzene rings is 1. The van der Waals surface area contributed by atoms with Gasteiger partial charge in [-0.05, 0) is 49.8 Å². The third kappa shape index (κ3) is 5.14. The molecule has 3 rings (SSSR count). The van der Waals surface area contributed by atoms with Gasteiger partial charge in [-0.15, -0.1) is 11.3 Å². The summed E-state index contributed by atoms with van der Waals surface area (Å²) in [7, 11) is 1.32. The van der Waals surface area contributed by atoms with E-state index in [4.69, 9.17) is 14.2 Å². The Labute approximate surface area is 173 Å². The van der Waals surface area contributed by atoms with Crippen LogP contribution in [0.4, 0.5) is 5.00 Å². The molecule has 1 amide bonds. The van der Waals surface area contributed by atoms with Crippen LogP contribution in [0.2, 0.25) is 0 Å². The highest BCUT2D eigenvalue weighted by molar-refractivity contribution is 7.17. The highest BCUT2D eigenvalue weighted by Crippen LogP contribution is 2.38. The standard InChI is InChI=1S/C21H23NO6S/c1-13-7-3-5-9-15(13)27-12-18(24)28-11-17(23)22-20-19(21(25)26-2)14-8-4-6-10-16(14)29-20/h3,5,7,9H,4,6,8,10-12H2,1-2H3,(H,22,23). The monoisotopic (exact) mass is 417 g/mol. The molecule has 0 atom stereocenters. The predicted octanol–water partition coefficient (Wildman–Crippen LogP) is 3.28. The van der Waals surface area contributed by atoms with E-state index in [9.17, 15) is 14.4 Å². The zero-order valence-corrected chi connectivity index (χ0v) is 17.2. The van der Waals surface area contributed by atoms with Gasteiger partial charge in [-0.3, -0.25) is 4.79 Å². The molecule has 8 heteroatoms. The summed E-state index contributed by atoms with van der Waals surface area (Å²) in [5, 5.41) is 3.13. The number of ether oxygens (including phenoxy) is 3. The van der Waals surface area contributed by atoms with Crippen molar-refractivity contribution >= 4 is 34.2 Å². The van der Waals surface area contributed by atoms with Gasteiger partial charge in [0, 0.05) is 4.88 Å². The van der Waals surface area contributed by atoms with Crippen LogP contribution < -0.4 is 10.1 Å². The van der Waals surface area contributed by atoms with Crippen LogP contribution in [0.3, 0.4) is 0 Å². The van der Waals surface area contributed by atoms with Crippen LogP contribution in [0.25, 0.3) is 0 Å². The predicted molar refractivity (Wildman–Crippen MR) is 109 cm³/mol. The smallest absolute Gasteiger partial charge is 0.344 e. The third-order valence-corrected chi connectivity index (χ3v) is 5.82. The molecular formula is C21H23NO6S. The lowest BCUT2D eigenvalue weighted by molar-refractivity contribution is -0.149. The Bertz CT molecular complexity index is 920. The van der Waals surface area contributed by atoms with Crippen molar-refractivity contribution in [3.05, 3.63) is 45.8 Å². The van der Waals surface area contributed by atoms with Gasteiger partial charge >= 0.3 is 11.9 Å². The molecule has 1 N–H and O–H groups in total. The van der Waals surface area contributed by atoms with Crippen molar-refractivity contribution in [3.8, 4) is 5.75 Å². The van der Waals surface area contributed by atoms with Gasteiger partial charge in [0.05, 0.1) is 12.7 Å². The molecule has 1 heterocycles. The zero-order valence-electron chi connectivity index (χ0n) is 16.4. The Hall–Kier alpha value is -2.87. The number of amides is 1. The molecule has 1 aromatic carbocycles. The summed E-state index contributed by atoms with van der Waals surface area (Å²) in [6.07, 6.45) is 3.72. The summed E-state index contributed by atoms with van der Waals surface area (Å²) in [5.74, 6) is -1.05. The number of para-hydroxylation sites is 1. The number of hydrogen-bond donors (Lipinski definition) is 1. The van der Waals surface area contributed by atoms with E-state index in [-0.39, 0.29) is 6.61 Å². The van der Waals surface area contributed by atoms with Gasteiger partial charge in [0.1, 0.15) is 10.8 Å². The van der Waals surface area contributed by atoms with E-state index in [0.29, 0.717) is 16.3 Å². The summed E-state index contributed by atoms with van der Waals surface area (Å²) in [6, 6.07) is 7.30. The minimum absolute atomic E-state index is 0.293. The number of rotatable bonds is 7. The first-order chi connectivity index (χ1) is 14.0. The highest BCUT2D eigenvalue weighted by Gasteiger charge is 2.27. The van der Waals surface area contributed by atoms with E-state index in [1.54, 1.807) is 12.1 Å². The molecule has 0 saturated carbocycles. The number of anilines is 1. The van der Waals surface area contributed by atoms with Gasteiger partial charge in [-0.2, -0.15) is 0 Å². The van der Waals surface area contributed by atoms with Crippen molar-refractivity contribution in [1.29, 1.82) is 0 Å². The normalized spacial score (nSPS) is 12.6. The number of thiophene rings is 1. The molecule has 0 aliphatic heterocycles. The molecule has 0 fully saturated rings.